The van der Waals surface area contributed by atoms with E-state index in [1.807, 2.05) is 74.1 Å². The number of carbonyl (C=O) groups excluding carboxylic acids is 9. The van der Waals surface area contributed by atoms with Gasteiger partial charge >= 0.3 is 5.97 Å². The number of hydrogen-bond donors (Lipinski definition) is 9. The number of carboxylic acid groups (broad SMARTS) is 2. The number of benzene rings is 4. The Morgan fingerprint density at radius 3 is 1.68 bits per heavy atom. The lowest BCUT2D eigenvalue weighted by molar-refractivity contribution is -0.462. The summed E-state index contributed by atoms with van der Waals surface area (Å²) in [4.78, 5) is 130. The number of aromatic carboxylic acids is 1. The van der Waals surface area contributed by atoms with Crippen molar-refractivity contribution in [3.05, 3.63) is 166 Å². The van der Waals surface area contributed by atoms with E-state index in [0.29, 0.717) is 142 Å². The first kappa shape index (κ1) is 78.5. The number of carbonyl (C=O) groups is 10. The molecule has 7 amide bonds. The number of hydrogen-bond acceptors (Lipinski definition) is 18. The number of ketones is 1. The van der Waals surface area contributed by atoms with E-state index in [1.165, 1.54) is 13.0 Å². The number of Topliss-reactive ketones (excluding diaryl/α,β-unsaturated/α-hetero) is 1. The fourth-order valence-electron chi connectivity index (χ4n) is 12.1. The average Bonchev–Trinajstić information content (AvgIpc) is 0.997. The number of carboxylic acids is 2. The van der Waals surface area contributed by atoms with Crippen molar-refractivity contribution in [1.29, 1.82) is 0 Å². The van der Waals surface area contributed by atoms with E-state index in [2.05, 4.69) is 52.5 Å². The van der Waals surface area contributed by atoms with E-state index in [1.54, 1.807) is 82.4 Å². The topological polar surface area (TPSA) is 415 Å². The normalized spacial score (nSPS) is 14.4. The maximum Gasteiger partial charge on any atom is 0.320 e. The zero-order valence-corrected chi connectivity index (χ0v) is 59.5. The van der Waals surface area contributed by atoms with Crippen molar-refractivity contribution in [1.82, 2.24) is 61.9 Å². The van der Waals surface area contributed by atoms with Crippen molar-refractivity contribution in [3.8, 4) is 17.1 Å². The molecule has 11 N–H and O–H groups in total. The Kier molecular flexibility index (Phi) is 29.2. The van der Waals surface area contributed by atoms with Gasteiger partial charge in [0.2, 0.25) is 35.2 Å². The molecule has 8 rings (SSSR count). The molecule has 3 heterocycles. The molecule has 552 valence electrons. The minimum absolute atomic E-state index is 0.0155. The molecule has 2 unspecified atom stereocenters. The summed E-state index contributed by atoms with van der Waals surface area (Å²) in [7, 11) is 7.67. The average molecular weight is 1430 g/mol. The lowest BCUT2D eigenvalue weighted by atomic mass is 9.74. The number of anilines is 1. The first-order valence-electron chi connectivity index (χ1n) is 35.2. The second kappa shape index (κ2) is 38.7. The predicted octanol–water partition coefficient (Wildman–Crippen LogP) is 4.07. The number of nitrogens with two attached hydrogens (primary N) is 2. The molecule has 0 saturated heterocycles. The number of aliphatic carboxylic acids is 1. The van der Waals surface area contributed by atoms with Crippen molar-refractivity contribution >= 4 is 70.5 Å². The number of ether oxygens (including phenoxy) is 1. The van der Waals surface area contributed by atoms with Gasteiger partial charge in [0.1, 0.15) is 43.7 Å². The standard InChI is InChI=1S/C75H94N16O13/c1-47(92)48-24-29-53(30-25-48)90-45-51(84-86-90)16-15-23-67(94)79-39-13-9-21-68(95)82-63(20-8-12-41-81-72(98)50-28-35-57(60(42-50)74(100)101)69-58-36-33-55(88(2)3)43-64(58)104-65-44-56(89(4)5)34-37-59(65)69)73(99)83-62(70(77)96)19-7-11-40-80-71(97)49-26-31-54(32-27-49)91-46-52(85-87-91)17-14-22-66(93)78-38-10-6-18-61(76)75(102)103/h24-37,42-46,58,61-63,69H,6-23,38-41,76H2,1-5H3,(H9-,77,78,79,80,81,82,83,93,94,95,96,97,98,99,100,101,102,103)/t58?,61-,62-,63-,69?/m0/s1. The molecule has 29 heteroatoms. The van der Waals surface area contributed by atoms with Crippen LogP contribution in [0.2, 0.25) is 0 Å². The van der Waals surface area contributed by atoms with Crippen LogP contribution in [0.15, 0.2) is 121 Å². The molecular weight excluding hydrogens is 1330 g/mol. The first-order chi connectivity index (χ1) is 49.9. The van der Waals surface area contributed by atoms with Gasteiger partial charge in [-0.1, -0.05) is 28.6 Å². The highest BCUT2D eigenvalue weighted by Gasteiger charge is 2.39. The van der Waals surface area contributed by atoms with Crippen LogP contribution in [-0.4, -0.2) is 177 Å². The van der Waals surface area contributed by atoms with Crippen molar-refractivity contribution in [2.75, 3.05) is 59.3 Å². The summed E-state index contributed by atoms with van der Waals surface area (Å²) in [5.74, 6) is -5.26. The highest BCUT2D eigenvalue weighted by atomic mass is 16.5. The van der Waals surface area contributed by atoms with Gasteiger partial charge in [-0.2, -0.15) is 0 Å². The molecule has 29 nitrogen and oxygen atoms in total. The third kappa shape index (κ3) is 23.1. The van der Waals surface area contributed by atoms with Crippen molar-refractivity contribution in [2.24, 2.45) is 17.4 Å². The number of amides is 7. The number of nitrogens with one attached hydrogen (secondary N) is 6. The molecule has 2 aliphatic rings. The summed E-state index contributed by atoms with van der Waals surface area (Å²) in [6.45, 7) is 2.58. The zero-order chi connectivity index (χ0) is 74.8. The van der Waals surface area contributed by atoms with E-state index >= 15 is 0 Å². The van der Waals surface area contributed by atoms with Crippen LogP contribution >= 0.6 is 0 Å². The van der Waals surface area contributed by atoms with Crippen LogP contribution in [0.25, 0.3) is 11.4 Å². The number of fused-ring (bicyclic) bond motifs is 2. The number of primary amides is 1. The van der Waals surface area contributed by atoms with Gasteiger partial charge in [0.25, 0.3) is 11.8 Å². The molecule has 104 heavy (non-hydrogen) atoms. The number of aryl methyl sites for hydroxylation is 2. The van der Waals surface area contributed by atoms with Crippen LogP contribution in [0, 0.1) is 5.92 Å². The molecule has 0 saturated carbocycles. The molecule has 0 fully saturated rings. The van der Waals surface area contributed by atoms with E-state index in [9.17, 15) is 53.1 Å². The predicted molar refractivity (Wildman–Crippen MR) is 385 cm³/mol. The fraction of sp³-hybridized carbons (Fsp3) is 0.427. The number of allylic oxidation sites excluding steroid dienone is 3. The molecule has 0 bridgehead atoms. The van der Waals surface area contributed by atoms with Crippen LogP contribution in [0.5, 0.6) is 5.75 Å². The van der Waals surface area contributed by atoms with Crippen LogP contribution in [0.1, 0.15) is 180 Å². The number of aromatic nitrogens is 6. The van der Waals surface area contributed by atoms with Crippen molar-refractivity contribution < 1.29 is 67.5 Å². The second-order valence-corrected chi connectivity index (χ2v) is 26.4. The molecule has 0 spiro atoms. The lowest BCUT2D eigenvalue weighted by Gasteiger charge is -2.36. The molecular formula is C75H94N16O13. The molecule has 0 radical (unpaired) electrons. The van der Waals surface area contributed by atoms with E-state index in [0.717, 1.165) is 22.6 Å². The number of unbranched alkanes of at least 4 members (excludes halogenated alkanes) is 4. The minimum atomic E-state index is -1.46. The SMILES string of the molecule is CC(=O)c1ccc(-n2cc(CCCC(=O)NCCCCC(=O)N[C@@H](CCCCNC(=O)c3ccc(C4c5ccc(N(C)C)cc5OC5=CC(=[N+](C)C)C=CC54)c(C(=O)[O-])c3)C(=O)N[C@@H](CCCCNC(=O)c3ccc(-n4cc(CCCC(=O)NCCCC[C@H](N)C(=O)O)nn4)cc3)C(N)=O)nn2)cc1. The van der Waals surface area contributed by atoms with Crippen LogP contribution in [-0.2, 0) is 41.6 Å². The van der Waals surface area contributed by atoms with Gasteiger partial charge in [-0.15, -0.1) is 10.2 Å². The molecule has 4 aromatic carbocycles. The first-order valence-corrected chi connectivity index (χ1v) is 35.2. The van der Waals surface area contributed by atoms with Gasteiger partial charge in [-0.05, 0) is 176 Å². The Labute approximate surface area is 603 Å². The van der Waals surface area contributed by atoms with Gasteiger partial charge in [0, 0.05) is 123 Å². The second-order valence-electron chi connectivity index (χ2n) is 26.4. The van der Waals surface area contributed by atoms with Gasteiger partial charge in [0.05, 0.1) is 41.1 Å². The number of rotatable bonds is 41. The Hall–Kier alpha value is -11.2. The van der Waals surface area contributed by atoms with E-state index in [4.69, 9.17) is 21.3 Å². The molecule has 1 aliphatic heterocycles. The van der Waals surface area contributed by atoms with Gasteiger partial charge in [-0.3, -0.25) is 43.2 Å². The van der Waals surface area contributed by atoms with Gasteiger partial charge in [0.15, 0.2) is 5.78 Å². The summed E-state index contributed by atoms with van der Waals surface area (Å²) in [5.41, 5.74) is 18.1. The highest BCUT2D eigenvalue weighted by molar-refractivity contribution is 6.02. The van der Waals surface area contributed by atoms with Crippen LogP contribution in [0.3, 0.4) is 0 Å². The van der Waals surface area contributed by atoms with Gasteiger partial charge < -0.3 is 68.0 Å². The molecule has 2 aromatic heterocycles. The third-order valence-corrected chi connectivity index (χ3v) is 18.1. The van der Waals surface area contributed by atoms with Crippen LogP contribution < -0.4 is 58.1 Å². The maximum atomic E-state index is 14.1. The zero-order valence-electron chi connectivity index (χ0n) is 59.5. The minimum Gasteiger partial charge on any atom is -0.545 e. The Morgan fingerprint density at radius 2 is 1.13 bits per heavy atom. The fourth-order valence-corrected chi connectivity index (χ4v) is 12.1. The third-order valence-electron chi connectivity index (χ3n) is 18.1. The maximum absolute atomic E-state index is 14.1. The summed E-state index contributed by atoms with van der Waals surface area (Å²) in [6, 6.07) is 20.9. The lowest BCUT2D eigenvalue weighted by Crippen LogP contribution is -2.53. The van der Waals surface area contributed by atoms with Crippen molar-refractivity contribution in [3.63, 3.8) is 0 Å². The smallest absolute Gasteiger partial charge is 0.320 e. The summed E-state index contributed by atoms with van der Waals surface area (Å²) >= 11 is 0. The van der Waals surface area contributed by atoms with Gasteiger partial charge in [-0.25, -0.2) is 13.9 Å². The van der Waals surface area contributed by atoms with E-state index < -0.39 is 59.6 Å². The Bertz CT molecular complexity index is 4140. The quantitative estimate of drug-likeness (QED) is 0.0148. The highest BCUT2D eigenvalue weighted by Crippen LogP contribution is 2.49. The molecule has 1 aliphatic carbocycles. The molecule has 5 atom stereocenters. The Morgan fingerprint density at radius 1 is 0.615 bits per heavy atom. The summed E-state index contributed by atoms with van der Waals surface area (Å²) in [5, 5.41) is 55.6. The van der Waals surface area contributed by atoms with Crippen LogP contribution in [0.4, 0.5) is 5.69 Å². The van der Waals surface area contributed by atoms with Crippen molar-refractivity contribution in [2.45, 2.75) is 147 Å². The summed E-state index contributed by atoms with van der Waals surface area (Å²) in [6.07, 6.45) is 16.0. The number of nitrogens with zero attached hydrogens (tertiary/aromatic N) is 8. The Balaban J connectivity index is 0.810. The molecule has 6 aromatic rings. The summed E-state index contributed by atoms with van der Waals surface area (Å²) < 4.78 is 11.6. The van der Waals surface area contributed by atoms with E-state index in [-0.39, 0.29) is 85.7 Å². The monoisotopic (exact) mass is 1430 g/mol. The largest absolute Gasteiger partial charge is 0.545 e.